The second-order valence-electron chi connectivity index (χ2n) is 14.2. The van der Waals surface area contributed by atoms with Gasteiger partial charge in [-0.25, -0.2) is 4.79 Å². The van der Waals surface area contributed by atoms with Crippen molar-refractivity contribution in [1.29, 1.82) is 0 Å². The molecule has 1 unspecified atom stereocenters. The van der Waals surface area contributed by atoms with E-state index in [1.54, 1.807) is 12.1 Å². The van der Waals surface area contributed by atoms with Crippen LogP contribution >= 0.6 is 0 Å². The number of carbonyl (C=O) groups is 2. The first-order valence-electron chi connectivity index (χ1n) is 18.7. The second kappa shape index (κ2) is 18.0. The minimum Gasteiger partial charge on any atom is -0.506 e. The molecule has 282 valence electrons. The number of benzene rings is 4. The SMILES string of the molecule is CC(Cc1ccc(NC(=O)CCCc2ccc(-c3ccccc3)c(NC(=O)OC3CCC(N)CC3)c2)cc1)NC[C@H](O)c1ccc(O)c2[nH]c(=O)ccc12. The average molecular weight is 732 g/mol. The Kier molecular flexibility index (Phi) is 12.8. The molecule has 8 N–H and O–H groups in total. The molecule has 1 saturated carbocycles. The number of aliphatic hydroxyl groups is 1. The van der Waals surface area contributed by atoms with Crippen LogP contribution in [0.25, 0.3) is 22.0 Å². The summed E-state index contributed by atoms with van der Waals surface area (Å²) in [5, 5.41) is 31.0. The lowest BCUT2D eigenvalue weighted by atomic mass is 9.94. The molecule has 1 fully saturated rings. The Labute approximate surface area is 315 Å². The van der Waals surface area contributed by atoms with E-state index in [-0.39, 0.29) is 41.9 Å². The number of phenolic OH excluding ortho intramolecular Hbond substituents is 1. The number of pyridine rings is 1. The van der Waals surface area contributed by atoms with Crippen molar-refractivity contribution in [2.75, 3.05) is 17.2 Å². The maximum Gasteiger partial charge on any atom is 0.411 e. The predicted molar refractivity (Wildman–Crippen MR) is 213 cm³/mol. The summed E-state index contributed by atoms with van der Waals surface area (Å²) in [7, 11) is 0. The number of phenols is 1. The number of aromatic hydroxyl groups is 1. The summed E-state index contributed by atoms with van der Waals surface area (Å²) >= 11 is 0. The zero-order valence-electron chi connectivity index (χ0n) is 30.5. The van der Waals surface area contributed by atoms with Crippen LogP contribution in [0.3, 0.4) is 0 Å². The maximum atomic E-state index is 12.9. The van der Waals surface area contributed by atoms with Crippen LogP contribution in [0.4, 0.5) is 16.2 Å². The van der Waals surface area contributed by atoms with Crippen LogP contribution in [-0.4, -0.2) is 51.9 Å². The van der Waals surface area contributed by atoms with Gasteiger partial charge in [0.2, 0.25) is 11.5 Å². The van der Waals surface area contributed by atoms with Gasteiger partial charge in [-0.1, -0.05) is 60.7 Å². The molecule has 0 bridgehead atoms. The minimum absolute atomic E-state index is 0.0442. The quantitative estimate of drug-likeness (QED) is 0.0642. The molecule has 1 aliphatic carbocycles. The molecule has 11 nitrogen and oxygen atoms in total. The third-order valence-electron chi connectivity index (χ3n) is 9.97. The third kappa shape index (κ3) is 10.3. The highest BCUT2D eigenvalue weighted by atomic mass is 16.6. The van der Waals surface area contributed by atoms with E-state index < -0.39 is 12.2 Å². The number of anilines is 2. The highest BCUT2D eigenvalue weighted by Gasteiger charge is 2.22. The van der Waals surface area contributed by atoms with Crippen molar-refractivity contribution in [3.63, 3.8) is 0 Å². The van der Waals surface area contributed by atoms with E-state index in [1.165, 1.54) is 12.1 Å². The van der Waals surface area contributed by atoms with E-state index in [9.17, 15) is 24.6 Å². The lowest BCUT2D eigenvalue weighted by molar-refractivity contribution is -0.116. The lowest BCUT2D eigenvalue weighted by Gasteiger charge is -2.26. The van der Waals surface area contributed by atoms with Gasteiger partial charge in [0.05, 0.1) is 17.3 Å². The maximum absolute atomic E-state index is 12.9. The topological polar surface area (TPSA) is 179 Å². The summed E-state index contributed by atoms with van der Waals surface area (Å²) in [6.07, 6.45) is 4.12. The van der Waals surface area contributed by atoms with Gasteiger partial charge in [-0.3, -0.25) is 14.9 Å². The number of aromatic amines is 1. The molecular weight excluding hydrogens is 683 g/mol. The molecular formula is C43H49N5O6. The number of nitrogens with two attached hydrogens (primary N) is 1. The normalized spacial score (nSPS) is 16.7. The Morgan fingerprint density at radius 1 is 0.907 bits per heavy atom. The van der Waals surface area contributed by atoms with Gasteiger partial charge in [-0.2, -0.15) is 0 Å². The zero-order chi connectivity index (χ0) is 38.0. The molecule has 0 saturated heterocycles. The number of ether oxygens (including phenoxy) is 1. The molecule has 6 rings (SSSR count). The average Bonchev–Trinajstić information content (AvgIpc) is 3.16. The van der Waals surface area contributed by atoms with Crippen molar-refractivity contribution < 1.29 is 24.5 Å². The van der Waals surface area contributed by atoms with E-state index in [2.05, 4.69) is 20.9 Å². The Hall–Kier alpha value is -5.49. The van der Waals surface area contributed by atoms with Crippen LogP contribution in [0.1, 0.15) is 68.2 Å². The summed E-state index contributed by atoms with van der Waals surface area (Å²) in [4.78, 5) is 40.1. The van der Waals surface area contributed by atoms with Gasteiger partial charge < -0.3 is 36.3 Å². The van der Waals surface area contributed by atoms with Crippen molar-refractivity contribution in [2.45, 2.75) is 82.6 Å². The van der Waals surface area contributed by atoms with E-state index >= 15 is 0 Å². The molecule has 1 heterocycles. The summed E-state index contributed by atoms with van der Waals surface area (Å²) in [6, 6.07) is 29.9. The van der Waals surface area contributed by atoms with Crippen LogP contribution < -0.4 is 27.2 Å². The van der Waals surface area contributed by atoms with Gasteiger partial charge in [-0.05, 0) is 104 Å². The molecule has 11 heteroatoms. The van der Waals surface area contributed by atoms with Crippen molar-refractivity contribution in [3.05, 3.63) is 124 Å². The van der Waals surface area contributed by atoms with Gasteiger partial charge in [-0.15, -0.1) is 0 Å². The fourth-order valence-corrected chi connectivity index (χ4v) is 7.02. The number of carbonyl (C=O) groups excluding carboxylic acids is 2. The van der Waals surface area contributed by atoms with Crippen molar-refractivity contribution in [3.8, 4) is 16.9 Å². The first-order chi connectivity index (χ1) is 26.1. The van der Waals surface area contributed by atoms with E-state index in [0.717, 1.165) is 47.9 Å². The van der Waals surface area contributed by atoms with Crippen LogP contribution in [-0.2, 0) is 22.4 Å². The predicted octanol–water partition coefficient (Wildman–Crippen LogP) is 6.93. The number of aryl methyl sites for hydroxylation is 1. The van der Waals surface area contributed by atoms with Crippen LogP contribution in [0.5, 0.6) is 5.75 Å². The number of fused-ring (bicyclic) bond motifs is 1. The van der Waals surface area contributed by atoms with E-state index in [0.29, 0.717) is 53.5 Å². The fourth-order valence-electron chi connectivity index (χ4n) is 7.02. The van der Waals surface area contributed by atoms with Gasteiger partial charge in [0.15, 0.2) is 0 Å². The molecule has 0 radical (unpaired) electrons. The van der Waals surface area contributed by atoms with E-state index in [4.69, 9.17) is 10.5 Å². The second-order valence-corrected chi connectivity index (χ2v) is 14.2. The van der Waals surface area contributed by atoms with E-state index in [1.807, 2.05) is 79.7 Å². The number of aliphatic hydroxyl groups excluding tert-OH is 1. The molecule has 2 amide bonds. The molecule has 54 heavy (non-hydrogen) atoms. The Balaban J connectivity index is 0.968. The monoisotopic (exact) mass is 731 g/mol. The molecule has 0 aliphatic heterocycles. The van der Waals surface area contributed by atoms with Crippen LogP contribution in [0.2, 0.25) is 0 Å². The largest absolute Gasteiger partial charge is 0.506 e. The number of nitrogens with one attached hydrogen (secondary N) is 4. The number of amides is 2. The lowest BCUT2D eigenvalue weighted by Crippen LogP contribution is -2.32. The molecule has 1 aromatic heterocycles. The van der Waals surface area contributed by atoms with Crippen molar-refractivity contribution in [1.82, 2.24) is 10.3 Å². The molecule has 0 spiro atoms. The number of hydrogen-bond acceptors (Lipinski definition) is 8. The Bertz CT molecular complexity index is 2090. The summed E-state index contributed by atoms with van der Waals surface area (Å²) in [5.41, 5.74) is 12.0. The van der Waals surface area contributed by atoms with Gasteiger partial charge in [0.1, 0.15) is 11.9 Å². The van der Waals surface area contributed by atoms with Crippen molar-refractivity contribution in [2.24, 2.45) is 5.73 Å². The number of aromatic nitrogens is 1. The Morgan fingerprint density at radius 3 is 2.41 bits per heavy atom. The summed E-state index contributed by atoms with van der Waals surface area (Å²) < 4.78 is 5.74. The smallest absolute Gasteiger partial charge is 0.411 e. The number of hydrogen-bond donors (Lipinski definition) is 7. The highest BCUT2D eigenvalue weighted by molar-refractivity contribution is 5.92. The first kappa shape index (κ1) is 38.2. The number of H-pyrrole nitrogens is 1. The summed E-state index contributed by atoms with van der Waals surface area (Å²) in [5.74, 6) is -0.123. The van der Waals surface area contributed by atoms with Crippen LogP contribution in [0, 0.1) is 0 Å². The standard InChI is InChI=1S/C43H49N5O6/c1-27(45-26-39(50)35-20-22-38(49)42-36(35)21-23-41(52)48-42)24-29-10-15-32(16-11-29)46-40(51)9-5-6-28-12-19-34(30-7-3-2-4-8-30)37(25-28)47-43(53)54-33-17-13-31(44)14-18-33/h2-4,7-8,10-12,15-16,19-23,25,27,31,33,39,45,49-50H,5-6,9,13-14,17-18,24,26,44H2,1H3,(H,46,51)(H,47,53)(H,48,52)/t27?,31?,33?,39-/m0/s1. The zero-order valence-corrected chi connectivity index (χ0v) is 30.5. The Morgan fingerprint density at radius 2 is 1.65 bits per heavy atom. The fraction of sp³-hybridized carbons (Fsp3) is 0.326. The molecule has 1 aliphatic rings. The van der Waals surface area contributed by atoms with Crippen molar-refractivity contribution >= 4 is 34.3 Å². The van der Waals surface area contributed by atoms with Gasteiger partial charge in [0.25, 0.3) is 0 Å². The third-order valence-corrected chi connectivity index (χ3v) is 9.97. The highest BCUT2D eigenvalue weighted by Crippen LogP contribution is 2.31. The first-order valence-corrected chi connectivity index (χ1v) is 18.7. The molecule has 4 aromatic carbocycles. The van der Waals surface area contributed by atoms with Crippen LogP contribution in [0.15, 0.2) is 102 Å². The van der Waals surface area contributed by atoms with Gasteiger partial charge in [0, 0.05) is 47.8 Å². The minimum atomic E-state index is -0.845. The summed E-state index contributed by atoms with van der Waals surface area (Å²) in [6.45, 7) is 2.31. The van der Waals surface area contributed by atoms with Gasteiger partial charge >= 0.3 is 6.09 Å². The number of rotatable bonds is 14. The molecule has 5 aromatic rings. The molecule has 2 atom stereocenters.